The highest BCUT2D eigenvalue weighted by molar-refractivity contribution is 6.03. The van der Waals surface area contributed by atoms with Crippen LogP contribution in [0.4, 0.5) is 0 Å². The number of morpholine rings is 1. The minimum Gasteiger partial charge on any atom is -0.507 e. The second-order valence-electron chi connectivity index (χ2n) is 12.3. The van der Waals surface area contributed by atoms with E-state index in [9.17, 15) is 39.3 Å². The van der Waals surface area contributed by atoms with Gasteiger partial charge in [0.1, 0.15) is 40.7 Å². The number of carbonyl (C=O) groups excluding carboxylic acids is 3. The number of hydrogen-bond donors (Lipinski definition) is 4. The van der Waals surface area contributed by atoms with Gasteiger partial charge in [-0.15, -0.1) is 12.4 Å². The molecule has 56 heavy (non-hydrogen) atoms. The highest BCUT2D eigenvalue weighted by Crippen LogP contribution is 2.50. The fourth-order valence-corrected chi connectivity index (χ4v) is 5.59. The Morgan fingerprint density at radius 1 is 0.893 bits per heavy atom. The van der Waals surface area contributed by atoms with Crippen LogP contribution in [0.25, 0.3) is 0 Å². The lowest BCUT2D eigenvalue weighted by atomic mass is 10.0. The van der Waals surface area contributed by atoms with Crippen molar-refractivity contribution in [1.29, 1.82) is 0 Å². The number of ether oxygens (including phenoxy) is 6. The van der Waals surface area contributed by atoms with Gasteiger partial charge in [-0.1, -0.05) is 13.3 Å². The van der Waals surface area contributed by atoms with Gasteiger partial charge >= 0.3 is 23.9 Å². The van der Waals surface area contributed by atoms with E-state index >= 15 is 0 Å². The van der Waals surface area contributed by atoms with Crippen LogP contribution in [0.15, 0.2) is 42.5 Å². The number of aryl methyl sites for hydroxylation is 1. The van der Waals surface area contributed by atoms with Gasteiger partial charge in [0, 0.05) is 37.3 Å². The van der Waals surface area contributed by atoms with E-state index in [1.807, 2.05) is 24.3 Å². The second kappa shape index (κ2) is 21.3. The number of aromatic carboxylic acids is 1. The molecule has 0 unspecified atom stereocenters. The number of unbranched alkanes of at least 4 members (excludes halogenated alkanes) is 1. The summed E-state index contributed by atoms with van der Waals surface area (Å²) in [5.41, 5.74) is -1.80. The van der Waals surface area contributed by atoms with Gasteiger partial charge in [-0.3, -0.25) is 9.69 Å². The quantitative estimate of drug-likeness (QED) is 0.0481. The number of rotatable bonds is 15. The lowest BCUT2D eigenvalue weighted by molar-refractivity contribution is -0.139. The number of aromatic hydroxyl groups is 2. The summed E-state index contributed by atoms with van der Waals surface area (Å²) in [6.45, 7) is 10.4. The third kappa shape index (κ3) is 11.6. The molecule has 0 amide bonds. The topological polar surface area (TPSA) is 225 Å². The molecule has 3 aromatic rings. The van der Waals surface area contributed by atoms with Crippen LogP contribution in [0.3, 0.4) is 0 Å². The van der Waals surface area contributed by atoms with Gasteiger partial charge in [-0.2, -0.15) is 0 Å². The van der Waals surface area contributed by atoms with Crippen molar-refractivity contribution in [3.63, 3.8) is 0 Å². The molecule has 1 saturated heterocycles. The Bertz CT molecular complexity index is 1920. The van der Waals surface area contributed by atoms with Crippen molar-refractivity contribution in [3.05, 3.63) is 75.9 Å². The van der Waals surface area contributed by atoms with E-state index < -0.39 is 70.2 Å². The van der Waals surface area contributed by atoms with Crippen molar-refractivity contribution < 1.29 is 72.8 Å². The predicted octanol–water partition coefficient (Wildman–Crippen LogP) is 5.62. The summed E-state index contributed by atoms with van der Waals surface area (Å²) in [5.74, 6) is -6.07. The average molecular weight is 802 g/mol. The molecule has 16 nitrogen and oxygen atoms in total. The van der Waals surface area contributed by atoms with E-state index in [4.69, 9.17) is 33.5 Å². The number of phenols is 2. The Morgan fingerprint density at radius 2 is 1.52 bits per heavy atom. The van der Waals surface area contributed by atoms with Crippen LogP contribution < -0.4 is 18.9 Å². The van der Waals surface area contributed by atoms with Gasteiger partial charge in [-0.25, -0.2) is 19.2 Å². The summed E-state index contributed by atoms with van der Waals surface area (Å²) in [7, 11) is 0. The summed E-state index contributed by atoms with van der Waals surface area (Å²) in [5, 5.41) is 38.9. The van der Waals surface area contributed by atoms with Crippen molar-refractivity contribution in [2.75, 3.05) is 46.1 Å². The summed E-state index contributed by atoms with van der Waals surface area (Å²) in [4.78, 5) is 61.1. The van der Waals surface area contributed by atoms with Gasteiger partial charge in [-0.05, 0) is 62.6 Å². The second-order valence-corrected chi connectivity index (χ2v) is 12.3. The summed E-state index contributed by atoms with van der Waals surface area (Å²) in [6.07, 6.45) is 4.61. The molecule has 17 heteroatoms. The number of esters is 2. The molecule has 3 aromatic carbocycles. The van der Waals surface area contributed by atoms with Crippen LogP contribution in [-0.2, 0) is 25.7 Å². The Labute approximate surface area is 328 Å². The number of carboxylic acids is 2. The SMILES string of the molecule is CCCCOc1ccc(OCCCN2CCOCC2)cc1.Cc1cc(O)c(C=O)c2c1C(=O)Oc1c(COC(=O)C=CC(=O)O)c(O)c(C(=O)O)c(C)c1O2.Cl. The van der Waals surface area contributed by atoms with Gasteiger partial charge in [0.05, 0.1) is 37.6 Å². The fourth-order valence-electron chi connectivity index (χ4n) is 5.59. The van der Waals surface area contributed by atoms with Crippen LogP contribution in [0.5, 0.6) is 40.2 Å². The molecule has 0 aliphatic carbocycles. The Morgan fingerprint density at radius 3 is 2.09 bits per heavy atom. The highest BCUT2D eigenvalue weighted by atomic mass is 35.5. The van der Waals surface area contributed by atoms with Crippen LogP contribution in [0, 0.1) is 13.8 Å². The zero-order valence-electron chi connectivity index (χ0n) is 31.0. The van der Waals surface area contributed by atoms with Gasteiger partial charge in [0.2, 0.25) is 0 Å². The van der Waals surface area contributed by atoms with E-state index in [-0.39, 0.29) is 41.1 Å². The molecule has 0 atom stereocenters. The van der Waals surface area contributed by atoms with Crippen LogP contribution in [-0.4, -0.2) is 102 Å². The molecule has 5 rings (SSSR count). The van der Waals surface area contributed by atoms with Crippen LogP contribution >= 0.6 is 12.4 Å². The maximum Gasteiger partial charge on any atom is 0.347 e. The Kier molecular flexibility index (Phi) is 16.9. The van der Waals surface area contributed by atoms with Gasteiger partial charge < -0.3 is 48.8 Å². The normalized spacial score (nSPS) is 13.3. The average Bonchev–Trinajstić information content (AvgIpc) is 3.30. The summed E-state index contributed by atoms with van der Waals surface area (Å²) < 4.78 is 32.6. The molecule has 0 bridgehead atoms. The molecule has 2 aliphatic heterocycles. The first-order valence-electron chi connectivity index (χ1n) is 17.4. The Hall–Kier alpha value is -5.84. The highest BCUT2D eigenvalue weighted by Gasteiger charge is 2.36. The minimum absolute atomic E-state index is 0. The molecule has 0 spiro atoms. The molecule has 0 saturated carbocycles. The maximum atomic E-state index is 12.9. The van der Waals surface area contributed by atoms with Crippen LogP contribution in [0.2, 0.25) is 0 Å². The fraction of sp³-hybridized carbons (Fsp3) is 0.359. The smallest absolute Gasteiger partial charge is 0.347 e. The number of aldehydes is 1. The first-order chi connectivity index (χ1) is 26.4. The Balaban J connectivity index is 0.000000328. The number of aliphatic carboxylic acids is 1. The predicted molar refractivity (Wildman–Crippen MR) is 201 cm³/mol. The number of benzene rings is 3. The monoisotopic (exact) mass is 801 g/mol. The van der Waals surface area contributed by atoms with Crippen molar-refractivity contribution in [3.8, 4) is 40.2 Å². The number of hydrogen-bond acceptors (Lipinski definition) is 14. The molecular formula is C39H44ClNO15. The molecule has 1 fully saturated rings. The van der Waals surface area contributed by atoms with E-state index in [1.54, 1.807) is 0 Å². The lowest BCUT2D eigenvalue weighted by Gasteiger charge is -2.26. The third-order valence-electron chi connectivity index (χ3n) is 8.45. The zero-order valence-corrected chi connectivity index (χ0v) is 31.8. The van der Waals surface area contributed by atoms with Gasteiger partial charge in [0.25, 0.3) is 0 Å². The molecule has 302 valence electrons. The van der Waals surface area contributed by atoms with E-state index in [1.165, 1.54) is 13.8 Å². The van der Waals surface area contributed by atoms with E-state index in [0.29, 0.717) is 12.2 Å². The standard InChI is InChI=1S/C22H16O12.C17H27NO3.ClH/c1-8-5-12(24)10(6-23)19-15(8)22(31)34-20-11(7-32-14(27)4-3-13(25)26)17(28)16(21(29)30)9(2)18(20)33-19;1-2-3-12-20-16-5-7-17(8-6-16)21-13-4-9-18-10-14-19-15-11-18;/h3-6,24,28H,7H2,1-2H3,(H,25,26)(H,29,30);5-8H,2-4,9-15H2,1H3;1H. The van der Waals surface area contributed by atoms with Crippen molar-refractivity contribution >= 4 is 42.6 Å². The van der Waals surface area contributed by atoms with Crippen molar-refractivity contribution in [1.82, 2.24) is 4.90 Å². The number of fused-ring (bicyclic) bond motifs is 2. The molecule has 0 aromatic heterocycles. The first kappa shape index (κ1) is 44.6. The minimum atomic E-state index is -1.60. The molecule has 2 heterocycles. The molecular weight excluding hydrogens is 758 g/mol. The first-order valence-corrected chi connectivity index (χ1v) is 17.4. The summed E-state index contributed by atoms with van der Waals surface area (Å²) in [6, 6.07) is 9.06. The van der Waals surface area contributed by atoms with E-state index in [2.05, 4.69) is 11.8 Å². The number of carbonyl (C=O) groups is 5. The molecule has 4 N–H and O–H groups in total. The summed E-state index contributed by atoms with van der Waals surface area (Å²) >= 11 is 0. The lowest BCUT2D eigenvalue weighted by Crippen LogP contribution is -2.37. The number of halogens is 1. The number of carboxylic acid groups (broad SMARTS) is 2. The zero-order chi connectivity index (χ0) is 40.1. The molecule has 0 radical (unpaired) electrons. The third-order valence-corrected chi connectivity index (χ3v) is 8.45. The van der Waals surface area contributed by atoms with Gasteiger partial charge in [0.15, 0.2) is 23.5 Å². The number of nitrogens with zero attached hydrogens (tertiary/aromatic N) is 1. The number of phenolic OH excluding ortho intramolecular Hbond substituents is 1. The largest absolute Gasteiger partial charge is 0.507 e. The maximum absolute atomic E-state index is 12.9. The van der Waals surface area contributed by atoms with Crippen molar-refractivity contribution in [2.24, 2.45) is 0 Å². The van der Waals surface area contributed by atoms with Crippen LogP contribution in [0.1, 0.15) is 74.0 Å². The molecule has 2 aliphatic rings. The van der Waals surface area contributed by atoms with Crippen molar-refractivity contribution in [2.45, 2.75) is 46.6 Å². The van der Waals surface area contributed by atoms with E-state index in [0.717, 1.165) is 82.9 Å².